The molecule has 0 saturated carbocycles. The number of amides is 2. The Morgan fingerprint density at radius 2 is 1.89 bits per heavy atom. The van der Waals surface area contributed by atoms with Crippen LogP contribution in [0.2, 0.25) is 5.02 Å². The summed E-state index contributed by atoms with van der Waals surface area (Å²) in [6.07, 6.45) is 0. The van der Waals surface area contributed by atoms with Crippen molar-refractivity contribution in [3.05, 3.63) is 53.3 Å². The number of rotatable bonds is 8. The predicted octanol–water partition coefficient (Wildman–Crippen LogP) is 3.04. The first-order valence-corrected chi connectivity index (χ1v) is 8.56. The number of anilines is 1. The second-order valence-corrected chi connectivity index (χ2v) is 5.97. The highest BCUT2D eigenvalue weighted by atomic mass is 35.5. The van der Waals surface area contributed by atoms with Crippen molar-refractivity contribution in [1.82, 2.24) is 5.32 Å². The largest absolute Gasteiger partial charge is 0.493 e. The number of carbonyl (C=O) groups is 2. The van der Waals surface area contributed by atoms with Crippen LogP contribution >= 0.6 is 11.6 Å². The first-order valence-electron chi connectivity index (χ1n) is 8.18. The maximum absolute atomic E-state index is 13.3. The molecule has 6 nitrogen and oxygen atoms in total. The fourth-order valence-corrected chi connectivity index (χ4v) is 2.54. The fourth-order valence-electron chi connectivity index (χ4n) is 2.36. The van der Waals surface area contributed by atoms with Crippen LogP contribution in [0.15, 0.2) is 42.5 Å². The van der Waals surface area contributed by atoms with Gasteiger partial charge in [-0.3, -0.25) is 9.59 Å². The van der Waals surface area contributed by atoms with E-state index in [1.807, 2.05) is 0 Å². The molecule has 2 amide bonds. The smallest absolute Gasteiger partial charge is 0.258 e. The summed E-state index contributed by atoms with van der Waals surface area (Å²) in [7, 11) is 1.51. The molecule has 0 aliphatic carbocycles. The standard InChI is InChI=1S/C19H20ClFN2O4/c1-13(24)23(14-7-8-16(21)15(20)11-14)10-9-22-19(25)12-27-18-6-4-3-5-17(18)26-2/h3-8,11H,9-10,12H2,1-2H3,(H,22,25). The zero-order chi connectivity index (χ0) is 19.8. The van der Waals surface area contributed by atoms with E-state index in [-0.39, 0.29) is 36.5 Å². The number of hydrogen-bond donors (Lipinski definition) is 1. The molecule has 0 saturated heterocycles. The average Bonchev–Trinajstić information content (AvgIpc) is 2.66. The lowest BCUT2D eigenvalue weighted by molar-refractivity contribution is -0.123. The van der Waals surface area contributed by atoms with Gasteiger partial charge >= 0.3 is 0 Å². The van der Waals surface area contributed by atoms with Crippen LogP contribution < -0.4 is 19.7 Å². The maximum atomic E-state index is 13.3. The SMILES string of the molecule is COc1ccccc1OCC(=O)NCCN(C(C)=O)c1ccc(F)c(Cl)c1. The maximum Gasteiger partial charge on any atom is 0.258 e. The lowest BCUT2D eigenvalue weighted by Crippen LogP contribution is -2.39. The van der Waals surface area contributed by atoms with Gasteiger partial charge in [-0.05, 0) is 30.3 Å². The van der Waals surface area contributed by atoms with Crippen molar-refractivity contribution in [3.63, 3.8) is 0 Å². The third kappa shape index (κ3) is 5.86. The molecule has 0 aromatic heterocycles. The molecular formula is C19H20ClFN2O4. The Bertz CT molecular complexity index is 816. The van der Waals surface area contributed by atoms with Gasteiger partial charge in [-0.2, -0.15) is 0 Å². The zero-order valence-corrected chi connectivity index (χ0v) is 15.8. The highest BCUT2D eigenvalue weighted by Gasteiger charge is 2.14. The van der Waals surface area contributed by atoms with E-state index in [9.17, 15) is 14.0 Å². The van der Waals surface area contributed by atoms with Gasteiger partial charge in [0, 0.05) is 25.7 Å². The minimum absolute atomic E-state index is 0.0759. The molecule has 144 valence electrons. The van der Waals surface area contributed by atoms with Gasteiger partial charge in [-0.15, -0.1) is 0 Å². The van der Waals surface area contributed by atoms with E-state index >= 15 is 0 Å². The number of methoxy groups -OCH3 is 1. The first-order chi connectivity index (χ1) is 12.9. The lowest BCUT2D eigenvalue weighted by atomic mass is 10.2. The van der Waals surface area contributed by atoms with Crippen molar-refractivity contribution >= 4 is 29.1 Å². The van der Waals surface area contributed by atoms with Gasteiger partial charge in [0.1, 0.15) is 5.82 Å². The number of benzene rings is 2. The highest BCUT2D eigenvalue weighted by Crippen LogP contribution is 2.25. The predicted molar refractivity (Wildman–Crippen MR) is 101 cm³/mol. The van der Waals surface area contributed by atoms with E-state index in [2.05, 4.69) is 5.32 Å². The van der Waals surface area contributed by atoms with Gasteiger partial charge in [0.15, 0.2) is 18.1 Å². The molecule has 27 heavy (non-hydrogen) atoms. The number of nitrogens with zero attached hydrogens (tertiary/aromatic N) is 1. The van der Waals surface area contributed by atoms with E-state index in [1.54, 1.807) is 24.3 Å². The fraction of sp³-hybridized carbons (Fsp3) is 0.263. The molecule has 0 fully saturated rings. The number of hydrogen-bond acceptors (Lipinski definition) is 4. The van der Waals surface area contributed by atoms with Crippen LogP contribution in [0.4, 0.5) is 10.1 Å². The number of ether oxygens (including phenoxy) is 2. The van der Waals surface area contributed by atoms with Crippen LogP contribution in [0, 0.1) is 5.82 Å². The summed E-state index contributed by atoms with van der Waals surface area (Å²) in [5.41, 5.74) is 0.452. The molecule has 0 unspecified atom stereocenters. The van der Waals surface area contributed by atoms with Crippen LogP contribution in [0.25, 0.3) is 0 Å². The number of nitrogens with one attached hydrogen (secondary N) is 1. The zero-order valence-electron chi connectivity index (χ0n) is 15.0. The van der Waals surface area contributed by atoms with Gasteiger partial charge in [-0.25, -0.2) is 4.39 Å². The monoisotopic (exact) mass is 394 g/mol. The average molecular weight is 395 g/mol. The summed E-state index contributed by atoms with van der Waals surface area (Å²) in [6, 6.07) is 11.0. The summed E-state index contributed by atoms with van der Waals surface area (Å²) in [5.74, 6) is -0.174. The van der Waals surface area contributed by atoms with Crippen molar-refractivity contribution in [1.29, 1.82) is 0 Å². The van der Waals surface area contributed by atoms with Crippen molar-refractivity contribution in [2.45, 2.75) is 6.92 Å². The van der Waals surface area contributed by atoms with E-state index < -0.39 is 5.82 Å². The Kier molecular flexibility index (Phi) is 7.43. The topological polar surface area (TPSA) is 67.9 Å². The van der Waals surface area contributed by atoms with Crippen molar-refractivity contribution in [3.8, 4) is 11.5 Å². The molecule has 0 bridgehead atoms. The molecule has 0 spiro atoms. The summed E-state index contributed by atoms with van der Waals surface area (Å²) in [5, 5.41) is 2.59. The Hall–Kier alpha value is -2.80. The van der Waals surface area contributed by atoms with E-state index in [0.29, 0.717) is 17.2 Å². The molecular weight excluding hydrogens is 375 g/mol. The van der Waals surface area contributed by atoms with Gasteiger partial charge in [0.05, 0.1) is 12.1 Å². The lowest BCUT2D eigenvalue weighted by Gasteiger charge is -2.21. The van der Waals surface area contributed by atoms with Crippen LogP contribution in [0.1, 0.15) is 6.92 Å². The number of para-hydroxylation sites is 2. The van der Waals surface area contributed by atoms with E-state index in [1.165, 1.54) is 37.1 Å². The second kappa shape index (κ2) is 9.78. The van der Waals surface area contributed by atoms with Crippen LogP contribution in [0.3, 0.4) is 0 Å². The minimum Gasteiger partial charge on any atom is -0.493 e. The molecule has 8 heteroatoms. The summed E-state index contributed by atoms with van der Waals surface area (Å²) in [6.45, 7) is 1.59. The quantitative estimate of drug-likeness (QED) is 0.747. The molecule has 0 radical (unpaired) electrons. The van der Waals surface area contributed by atoms with Crippen LogP contribution in [0.5, 0.6) is 11.5 Å². The summed E-state index contributed by atoms with van der Waals surface area (Å²) >= 11 is 5.76. The Morgan fingerprint density at radius 1 is 1.19 bits per heavy atom. The molecule has 1 N–H and O–H groups in total. The molecule has 2 aromatic rings. The molecule has 0 atom stereocenters. The first kappa shape index (κ1) is 20.5. The minimum atomic E-state index is -0.564. The Balaban J connectivity index is 1.86. The van der Waals surface area contributed by atoms with Crippen LogP contribution in [-0.4, -0.2) is 38.6 Å². The molecule has 0 aliphatic heterocycles. The number of halogens is 2. The molecule has 2 aromatic carbocycles. The third-order valence-corrected chi connectivity index (χ3v) is 3.97. The third-order valence-electron chi connectivity index (χ3n) is 3.68. The highest BCUT2D eigenvalue weighted by molar-refractivity contribution is 6.31. The Morgan fingerprint density at radius 3 is 2.52 bits per heavy atom. The van der Waals surface area contributed by atoms with Crippen LogP contribution in [-0.2, 0) is 9.59 Å². The molecule has 0 aliphatic rings. The molecule has 0 heterocycles. The van der Waals surface area contributed by atoms with Gasteiger partial charge in [-0.1, -0.05) is 23.7 Å². The summed E-state index contributed by atoms with van der Waals surface area (Å²) in [4.78, 5) is 25.2. The molecule has 2 rings (SSSR count). The van der Waals surface area contributed by atoms with E-state index in [4.69, 9.17) is 21.1 Å². The van der Waals surface area contributed by atoms with Crippen molar-refractivity contribution < 1.29 is 23.5 Å². The van der Waals surface area contributed by atoms with E-state index in [0.717, 1.165) is 0 Å². The second-order valence-electron chi connectivity index (χ2n) is 5.56. The van der Waals surface area contributed by atoms with Crippen molar-refractivity contribution in [2.24, 2.45) is 0 Å². The summed E-state index contributed by atoms with van der Waals surface area (Å²) < 4.78 is 23.9. The normalized spacial score (nSPS) is 10.2. The van der Waals surface area contributed by atoms with Gasteiger partial charge in [0.25, 0.3) is 5.91 Å². The van der Waals surface area contributed by atoms with Gasteiger partial charge in [0.2, 0.25) is 5.91 Å². The Labute approximate surface area is 161 Å². The number of carbonyl (C=O) groups excluding carboxylic acids is 2. The van der Waals surface area contributed by atoms with Gasteiger partial charge < -0.3 is 19.7 Å². The van der Waals surface area contributed by atoms with Crippen molar-refractivity contribution in [2.75, 3.05) is 31.7 Å².